The van der Waals surface area contributed by atoms with Gasteiger partial charge in [-0.2, -0.15) is 17.0 Å². The van der Waals surface area contributed by atoms with Crippen LogP contribution in [0.1, 0.15) is 24.8 Å². The number of piperazine rings is 1. The molecule has 1 aliphatic carbocycles. The molecule has 23 heavy (non-hydrogen) atoms. The molecule has 3 aliphatic rings. The molecule has 0 spiro atoms. The first-order chi connectivity index (χ1) is 11.1. The van der Waals surface area contributed by atoms with Crippen LogP contribution in [0.25, 0.3) is 0 Å². The van der Waals surface area contributed by atoms with Crippen molar-refractivity contribution in [2.24, 2.45) is 5.92 Å². The van der Waals surface area contributed by atoms with Gasteiger partial charge in [0.2, 0.25) is 0 Å². The average molecular weight is 336 g/mol. The first-order valence-electron chi connectivity index (χ1n) is 8.51. The molecule has 1 aromatic heterocycles. The van der Waals surface area contributed by atoms with E-state index in [0.717, 1.165) is 39.0 Å². The van der Waals surface area contributed by atoms with E-state index in [0.29, 0.717) is 19.0 Å². The summed E-state index contributed by atoms with van der Waals surface area (Å²) in [6.45, 7) is 4.39. The third kappa shape index (κ3) is 3.03. The molecule has 2 atom stereocenters. The van der Waals surface area contributed by atoms with Crippen molar-refractivity contribution in [1.29, 1.82) is 0 Å². The van der Waals surface area contributed by atoms with E-state index in [1.54, 1.807) is 21.0 Å². The van der Waals surface area contributed by atoms with Crippen molar-refractivity contribution in [3.63, 3.8) is 0 Å². The number of hydrogen-bond donors (Lipinski definition) is 0. The molecule has 1 aromatic rings. The van der Waals surface area contributed by atoms with Gasteiger partial charge in [-0.1, -0.05) is 0 Å². The molecule has 0 amide bonds. The maximum absolute atomic E-state index is 12.9. The Hall–Kier alpha value is -1.02. The van der Waals surface area contributed by atoms with Gasteiger partial charge >= 0.3 is 0 Å². The van der Waals surface area contributed by atoms with Crippen molar-refractivity contribution in [3.05, 3.63) is 30.1 Å². The Kier molecular flexibility index (Phi) is 4.13. The summed E-state index contributed by atoms with van der Waals surface area (Å²) in [7, 11) is -3.26. The highest BCUT2D eigenvalue weighted by Crippen LogP contribution is 2.39. The summed E-state index contributed by atoms with van der Waals surface area (Å²) >= 11 is 0. The highest BCUT2D eigenvalue weighted by Gasteiger charge is 2.46. The first-order valence-corrected chi connectivity index (χ1v) is 9.91. The molecule has 7 heteroatoms. The maximum atomic E-state index is 12.9. The van der Waals surface area contributed by atoms with Crippen molar-refractivity contribution < 1.29 is 8.42 Å². The van der Waals surface area contributed by atoms with Gasteiger partial charge in [0.25, 0.3) is 10.2 Å². The number of hydrogen-bond acceptors (Lipinski definition) is 4. The molecule has 1 saturated carbocycles. The van der Waals surface area contributed by atoms with Crippen LogP contribution in [0.2, 0.25) is 0 Å². The molecule has 2 aliphatic heterocycles. The van der Waals surface area contributed by atoms with Crippen molar-refractivity contribution >= 4 is 10.2 Å². The number of rotatable bonds is 4. The molecule has 3 fully saturated rings. The van der Waals surface area contributed by atoms with Crippen LogP contribution in [-0.4, -0.2) is 65.7 Å². The first kappa shape index (κ1) is 15.5. The Morgan fingerprint density at radius 3 is 2.43 bits per heavy atom. The number of pyridine rings is 1. The molecule has 2 unspecified atom stereocenters. The van der Waals surface area contributed by atoms with Crippen molar-refractivity contribution in [3.8, 4) is 0 Å². The van der Waals surface area contributed by atoms with Crippen LogP contribution in [0, 0.1) is 5.92 Å². The number of nitrogens with zero attached hydrogens (tertiary/aromatic N) is 4. The minimum Gasteiger partial charge on any atom is -0.296 e. The molecule has 0 aromatic carbocycles. The second kappa shape index (κ2) is 6.12. The second-order valence-corrected chi connectivity index (χ2v) is 8.82. The zero-order valence-corrected chi connectivity index (χ0v) is 14.2. The zero-order chi connectivity index (χ0) is 15.9. The van der Waals surface area contributed by atoms with E-state index in [4.69, 9.17) is 0 Å². The molecule has 2 bridgehead atoms. The third-order valence-electron chi connectivity index (χ3n) is 5.47. The van der Waals surface area contributed by atoms with Crippen LogP contribution in [0.15, 0.2) is 24.5 Å². The van der Waals surface area contributed by atoms with E-state index in [2.05, 4.69) is 9.88 Å². The van der Waals surface area contributed by atoms with E-state index < -0.39 is 10.2 Å². The summed E-state index contributed by atoms with van der Waals surface area (Å²) in [6, 6.07) is 4.30. The lowest BCUT2D eigenvalue weighted by Gasteiger charge is -2.37. The van der Waals surface area contributed by atoms with Gasteiger partial charge in [-0.3, -0.25) is 9.88 Å². The molecular weight excluding hydrogens is 312 g/mol. The normalized spacial score (nSPS) is 30.1. The highest BCUT2D eigenvalue weighted by molar-refractivity contribution is 7.86. The van der Waals surface area contributed by atoms with Crippen molar-refractivity contribution in [2.45, 2.75) is 31.8 Å². The Balaban J connectivity index is 1.36. The molecule has 0 N–H and O–H groups in total. The van der Waals surface area contributed by atoms with Crippen LogP contribution in [0.4, 0.5) is 0 Å². The minimum absolute atomic E-state index is 0.264. The minimum atomic E-state index is -3.26. The third-order valence-corrected chi connectivity index (χ3v) is 7.53. The molecular formula is C16H24N4O2S. The van der Waals surface area contributed by atoms with E-state index in [1.807, 2.05) is 12.1 Å². The van der Waals surface area contributed by atoms with Crippen molar-refractivity contribution in [1.82, 2.24) is 18.5 Å². The fourth-order valence-electron chi connectivity index (χ4n) is 4.18. The molecule has 4 rings (SSSR count). The highest BCUT2D eigenvalue weighted by atomic mass is 32.2. The Morgan fingerprint density at radius 2 is 1.83 bits per heavy atom. The van der Waals surface area contributed by atoms with E-state index in [-0.39, 0.29) is 6.04 Å². The standard InChI is InChI=1S/C16H24N4O2S/c21-23(22,20-13-15-1-2-16(20)11-15)19-9-7-18(8-10-19)12-14-3-5-17-6-4-14/h3-6,15-16H,1-2,7-13H2. The molecule has 2 saturated heterocycles. The summed E-state index contributed by atoms with van der Waals surface area (Å²) in [5, 5.41) is 0. The van der Waals surface area contributed by atoms with Gasteiger partial charge in [-0.25, -0.2) is 0 Å². The van der Waals surface area contributed by atoms with Crippen LogP contribution in [0.3, 0.4) is 0 Å². The van der Waals surface area contributed by atoms with Gasteiger partial charge in [0.1, 0.15) is 0 Å². The van der Waals surface area contributed by atoms with Crippen molar-refractivity contribution in [2.75, 3.05) is 32.7 Å². The van der Waals surface area contributed by atoms with E-state index in [9.17, 15) is 8.42 Å². The Morgan fingerprint density at radius 1 is 1.09 bits per heavy atom. The van der Waals surface area contributed by atoms with Crippen LogP contribution >= 0.6 is 0 Å². The fraction of sp³-hybridized carbons (Fsp3) is 0.688. The Bertz CT molecular complexity index is 643. The van der Waals surface area contributed by atoms with Crippen LogP contribution in [-0.2, 0) is 16.8 Å². The molecule has 126 valence electrons. The zero-order valence-electron chi connectivity index (χ0n) is 13.3. The summed E-state index contributed by atoms with van der Waals surface area (Å²) in [5.74, 6) is 0.600. The quantitative estimate of drug-likeness (QED) is 0.821. The van der Waals surface area contributed by atoms with E-state index >= 15 is 0 Å². The largest absolute Gasteiger partial charge is 0.296 e. The topological polar surface area (TPSA) is 56.8 Å². The molecule has 6 nitrogen and oxygen atoms in total. The Labute approximate surface area is 138 Å². The maximum Gasteiger partial charge on any atom is 0.282 e. The number of piperidine rings is 1. The predicted molar refractivity (Wildman–Crippen MR) is 87.8 cm³/mol. The van der Waals surface area contributed by atoms with Gasteiger partial charge in [0.05, 0.1) is 0 Å². The molecule has 0 radical (unpaired) electrons. The monoisotopic (exact) mass is 336 g/mol. The number of fused-ring (bicyclic) bond motifs is 2. The van der Waals surface area contributed by atoms with Gasteiger partial charge in [0, 0.05) is 57.7 Å². The van der Waals surface area contributed by atoms with Crippen LogP contribution < -0.4 is 0 Å². The second-order valence-electron chi connectivity index (χ2n) is 6.94. The summed E-state index contributed by atoms with van der Waals surface area (Å²) in [5.41, 5.74) is 1.23. The van der Waals surface area contributed by atoms with Gasteiger partial charge in [-0.05, 0) is 42.9 Å². The smallest absolute Gasteiger partial charge is 0.282 e. The lowest BCUT2D eigenvalue weighted by atomic mass is 10.1. The predicted octanol–water partition coefficient (Wildman–Crippen LogP) is 0.928. The van der Waals surface area contributed by atoms with Crippen LogP contribution in [0.5, 0.6) is 0 Å². The van der Waals surface area contributed by atoms with Gasteiger partial charge < -0.3 is 0 Å². The van der Waals surface area contributed by atoms with E-state index in [1.165, 1.54) is 12.0 Å². The average Bonchev–Trinajstić information content (AvgIpc) is 3.20. The SMILES string of the molecule is O=S(=O)(N1CCN(Cc2ccncc2)CC1)N1CC2CCC1C2. The van der Waals surface area contributed by atoms with Gasteiger partial charge in [-0.15, -0.1) is 0 Å². The van der Waals surface area contributed by atoms with Gasteiger partial charge in [0.15, 0.2) is 0 Å². The lowest BCUT2D eigenvalue weighted by Crippen LogP contribution is -2.54. The lowest BCUT2D eigenvalue weighted by molar-refractivity contribution is 0.172. The number of aromatic nitrogens is 1. The fourth-order valence-corrected chi connectivity index (χ4v) is 6.06. The molecule has 3 heterocycles. The summed E-state index contributed by atoms with van der Waals surface area (Å²) in [6.07, 6.45) is 6.93. The summed E-state index contributed by atoms with van der Waals surface area (Å²) in [4.78, 5) is 6.35. The summed E-state index contributed by atoms with van der Waals surface area (Å²) < 4.78 is 29.2.